The molecule has 0 atom stereocenters. The zero-order chi connectivity index (χ0) is 4.41. The predicted octanol–water partition coefficient (Wildman–Crippen LogP) is 1.62. The first-order valence-corrected chi connectivity index (χ1v) is 1.77. The molecule has 1 rings (SSSR count). The molecule has 1 heterocycles. The van der Waals surface area contributed by atoms with Gasteiger partial charge in [0.25, 0.3) is 0 Å². The minimum atomic E-state index is 0. The first-order chi connectivity index (χ1) is 2.89. The van der Waals surface area contributed by atoms with Crippen LogP contribution in [0.3, 0.4) is 0 Å². The summed E-state index contributed by atoms with van der Waals surface area (Å²) in [6.07, 6.45) is 1.62. The van der Waals surface area contributed by atoms with E-state index in [1.54, 1.807) is 12.3 Å². The van der Waals surface area contributed by atoms with Crippen molar-refractivity contribution in [3.8, 4) is 0 Å². The standard InChI is InChI=1S/C4H5NO.CH4/c1-4-2-3-5-6-4;/h2-3H,1H3;1H4. The first-order valence-electron chi connectivity index (χ1n) is 1.77. The van der Waals surface area contributed by atoms with Gasteiger partial charge in [0.2, 0.25) is 0 Å². The molecule has 40 valence electrons. The van der Waals surface area contributed by atoms with Gasteiger partial charge in [-0.15, -0.1) is 0 Å². The van der Waals surface area contributed by atoms with E-state index in [9.17, 15) is 0 Å². The summed E-state index contributed by atoms with van der Waals surface area (Å²) < 4.78 is 4.58. The van der Waals surface area contributed by atoms with Crippen LogP contribution < -0.4 is 0 Å². The second-order valence-corrected chi connectivity index (χ2v) is 1.12. The number of hydrogen-bond donors (Lipinski definition) is 0. The van der Waals surface area contributed by atoms with Crippen LogP contribution in [-0.2, 0) is 0 Å². The summed E-state index contributed by atoms with van der Waals surface area (Å²) in [7, 11) is 0. The van der Waals surface area contributed by atoms with E-state index < -0.39 is 0 Å². The molecule has 0 aliphatic rings. The van der Waals surface area contributed by atoms with Gasteiger partial charge in [-0.1, -0.05) is 12.6 Å². The van der Waals surface area contributed by atoms with Crippen molar-refractivity contribution < 1.29 is 4.52 Å². The molecular formula is C5H9NO. The highest BCUT2D eigenvalue weighted by Crippen LogP contribution is 1.88. The molecular weight excluding hydrogens is 90.1 g/mol. The van der Waals surface area contributed by atoms with E-state index in [1.807, 2.05) is 6.92 Å². The Morgan fingerprint density at radius 3 is 2.57 bits per heavy atom. The van der Waals surface area contributed by atoms with Crippen LogP contribution in [0.1, 0.15) is 13.2 Å². The van der Waals surface area contributed by atoms with Gasteiger partial charge in [-0.2, -0.15) is 0 Å². The molecule has 2 heteroatoms. The maximum absolute atomic E-state index is 4.58. The molecule has 1 aromatic heterocycles. The average Bonchev–Trinajstić information content (AvgIpc) is 1.86. The van der Waals surface area contributed by atoms with Gasteiger partial charge >= 0.3 is 0 Å². The highest BCUT2D eigenvalue weighted by Gasteiger charge is 1.78. The Hall–Kier alpha value is -0.790. The van der Waals surface area contributed by atoms with Gasteiger partial charge < -0.3 is 4.52 Å². The molecule has 0 bridgehead atoms. The molecule has 2 nitrogen and oxygen atoms in total. The van der Waals surface area contributed by atoms with Crippen LogP contribution in [0.4, 0.5) is 0 Å². The fraction of sp³-hybridized carbons (Fsp3) is 0.400. The second-order valence-electron chi connectivity index (χ2n) is 1.12. The first kappa shape index (κ1) is 6.21. The van der Waals surface area contributed by atoms with E-state index >= 15 is 0 Å². The normalized spacial score (nSPS) is 7.57. The summed E-state index contributed by atoms with van der Waals surface area (Å²) in [4.78, 5) is 0. The maximum Gasteiger partial charge on any atom is 0.133 e. The number of hydrogen-bond acceptors (Lipinski definition) is 2. The molecule has 0 radical (unpaired) electrons. The number of aryl methyl sites for hydroxylation is 1. The van der Waals surface area contributed by atoms with E-state index in [-0.39, 0.29) is 7.43 Å². The van der Waals surface area contributed by atoms with E-state index in [4.69, 9.17) is 0 Å². The van der Waals surface area contributed by atoms with Crippen LogP contribution in [0.2, 0.25) is 0 Å². The lowest BCUT2D eigenvalue weighted by atomic mass is 10.5. The maximum atomic E-state index is 4.58. The molecule has 0 saturated carbocycles. The molecule has 0 amide bonds. The SMILES string of the molecule is C.Cc1ccno1. The van der Waals surface area contributed by atoms with Gasteiger partial charge in [0.15, 0.2) is 0 Å². The van der Waals surface area contributed by atoms with Crippen LogP contribution in [0.5, 0.6) is 0 Å². The topological polar surface area (TPSA) is 26.0 Å². The van der Waals surface area contributed by atoms with Gasteiger partial charge in [-0.3, -0.25) is 0 Å². The quantitative estimate of drug-likeness (QED) is 0.494. The summed E-state index contributed by atoms with van der Waals surface area (Å²) in [5.41, 5.74) is 0. The molecule has 0 aliphatic carbocycles. The van der Waals surface area contributed by atoms with Crippen molar-refractivity contribution in [2.45, 2.75) is 14.4 Å². The Kier molecular flexibility index (Phi) is 2.12. The Morgan fingerprint density at radius 1 is 1.71 bits per heavy atom. The third-order valence-electron chi connectivity index (χ3n) is 0.567. The summed E-state index contributed by atoms with van der Waals surface area (Å²) in [5, 5.41) is 3.45. The zero-order valence-electron chi connectivity index (χ0n) is 3.51. The third-order valence-corrected chi connectivity index (χ3v) is 0.567. The van der Waals surface area contributed by atoms with Crippen molar-refractivity contribution in [3.05, 3.63) is 18.0 Å². The molecule has 0 unspecified atom stereocenters. The molecule has 0 fully saturated rings. The summed E-state index contributed by atoms with van der Waals surface area (Å²) in [6, 6.07) is 1.81. The second kappa shape index (κ2) is 2.39. The Labute approximate surface area is 43.1 Å². The van der Waals surface area contributed by atoms with Crippen LogP contribution in [0, 0.1) is 6.92 Å². The lowest BCUT2D eigenvalue weighted by Crippen LogP contribution is -1.50. The summed E-state index contributed by atoms with van der Waals surface area (Å²) in [5.74, 6) is 0.856. The van der Waals surface area contributed by atoms with E-state index in [0.29, 0.717) is 0 Å². The predicted molar refractivity (Wildman–Crippen MR) is 28.0 cm³/mol. The molecule has 0 spiro atoms. The average molecular weight is 99.1 g/mol. The van der Waals surface area contributed by atoms with E-state index in [0.717, 1.165) is 5.76 Å². The Bertz CT molecular complexity index is 112. The van der Waals surface area contributed by atoms with Crippen molar-refractivity contribution in [1.82, 2.24) is 5.16 Å². The highest BCUT2D eigenvalue weighted by molar-refractivity contribution is 4.87. The highest BCUT2D eigenvalue weighted by atomic mass is 16.5. The smallest absolute Gasteiger partial charge is 0.133 e. The van der Waals surface area contributed by atoms with Gasteiger partial charge in [-0.25, -0.2) is 0 Å². The zero-order valence-corrected chi connectivity index (χ0v) is 3.51. The van der Waals surface area contributed by atoms with Gasteiger partial charge in [0.1, 0.15) is 5.76 Å². The van der Waals surface area contributed by atoms with Crippen LogP contribution >= 0.6 is 0 Å². The number of aromatic nitrogens is 1. The molecule has 0 aromatic carbocycles. The van der Waals surface area contributed by atoms with E-state index in [2.05, 4.69) is 9.68 Å². The Morgan fingerprint density at radius 2 is 2.43 bits per heavy atom. The third kappa shape index (κ3) is 1.39. The molecule has 0 saturated heterocycles. The molecule has 1 aromatic rings. The summed E-state index contributed by atoms with van der Waals surface area (Å²) in [6.45, 7) is 1.85. The van der Waals surface area contributed by atoms with Crippen LogP contribution in [0.15, 0.2) is 16.8 Å². The van der Waals surface area contributed by atoms with Crippen LogP contribution in [0.25, 0.3) is 0 Å². The van der Waals surface area contributed by atoms with Crippen molar-refractivity contribution in [1.29, 1.82) is 0 Å². The lowest BCUT2D eigenvalue weighted by Gasteiger charge is -1.65. The minimum Gasteiger partial charge on any atom is -0.362 e. The molecule has 0 aliphatic heterocycles. The van der Waals surface area contributed by atoms with Crippen molar-refractivity contribution in [3.63, 3.8) is 0 Å². The number of nitrogens with zero attached hydrogens (tertiary/aromatic N) is 1. The van der Waals surface area contributed by atoms with Gasteiger partial charge in [-0.05, 0) is 6.92 Å². The molecule has 7 heavy (non-hydrogen) atoms. The van der Waals surface area contributed by atoms with Gasteiger partial charge in [0, 0.05) is 6.07 Å². The van der Waals surface area contributed by atoms with Crippen molar-refractivity contribution >= 4 is 0 Å². The number of rotatable bonds is 0. The van der Waals surface area contributed by atoms with Crippen LogP contribution in [-0.4, -0.2) is 5.16 Å². The molecule has 0 N–H and O–H groups in total. The lowest BCUT2D eigenvalue weighted by molar-refractivity contribution is 0.397. The Balaban J connectivity index is 0.000000360. The van der Waals surface area contributed by atoms with E-state index in [1.165, 1.54) is 0 Å². The van der Waals surface area contributed by atoms with Crippen molar-refractivity contribution in [2.75, 3.05) is 0 Å². The van der Waals surface area contributed by atoms with Crippen molar-refractivity contribution in [2.24, 2.45) is 0 Å². The summed E-state index contributed by atoms with van der Waals surface area (Å²) >= 11 is 0. The largest absolute Gasteiger partial charge is 0.362 e. The fourth-order valence-corrected chi connectivity index (χ4v) is 0.279. The fourth-order valence-electron chi connectivity index (χ4n) is 0.279. The monoisotopic (exact) mass is 99.1 g/mol. The minimum absolute atomic E-state index is 0. The van der Waals surface area contributed by atoms with Gasteiger partial charge in [0.05, 0.1) is 6.20 Å².